The molecule has 0 saturated carbocycles. The molecule has 6 nitrogen and oxygen atoms in total. The van der Waals surface area contributed by atoms with Crippen LogP contribution in [0.15, 0.2) is 53.6 Å². The third-order valence-corrected chi connectivity index (χ3v) is 6.00. The average molecular weight is 373 g/mol. The van der Waals surface area contributed by atoms with E-state index in [1.54, 1.807) is 23.4 Å². The van der Waals surface area contributed by atoms with E-state index < -0.39 is 23.9 Å². The summed E-state index contributed by atoms with van der Waals surface area (Å²) in [7, 11) is 0. The lowest BCUT2D eigenvalue weighted by Gasteiger charge is -2.33. The third kappa shape index (κ3) is 2.14. The molecule has 0 spiro atoms. The molecule has 2 fully saturated rings. The van der Waals surface area contributed by atoms with Gasteiger partial charge in [0, 0.05) is 0 Å². The summed E-state index contributed by atoms with van der Waals surface area (Å²) in [6.45, 7) is 3.42. The van der Waals surface area contributed by atoms with Crippen LogP contribution in [0.1, 0.15) is 29.7 Å². The normalized spacial score (nSPS) is 27.6. The van der Waals surface area contributed by atoms with Gasteiger partial charge in [0.1, 0.15) is 6.04 Å². The first-order valence-corrected chi connectivity index (χ1v) is 9.35. The van der Waals surface area contributed by atoms with Crippen LogP contribution in [0.5, 0.6) is 0 Å². The van der Waals surface area contributed by atoms with Crippen LogP contribution in [0.3, 0.4) is 0 Å². The number of imide groups is 1. The second-order valence-electron chi connectivity index (χ2n) is 7.65. The monoisotopic (exact) mass is 373 g/mol. The Kier molecular flexibility index (Phi) is 3.53. The van der Waals surface area contributed by atoms with Crippen molar-refractivity contribution < 1.29 is 14.4 Å². The van der Waals surface area contributed by atoms with Crippen molar-refractivity contribution in [2.24, 2.45) is 16.9 Å². The molecule has 28 heavy (non-hydrogen) atoms. The predicted molar refractivity (Wildman–Crippen MR) is 104 cm³/mol. The van der Waals surface area contributed by atoms with E-state index in [2.05, 4.69) is 5.10 Å². The van der Waals surface area contributed by atoms with Gasteiger partial charge in [0.2, 0.25) is 11.8 Å². The fourth-order valence-corrected chi connectivity index (χ4v) is 4.77. The lowest BCUT2D eigenvalue weighted by Crippen LogP contribution is -2.43. The maximum absolute atomic E-state index is 13.4. The molecule has 140 valence electrons. The molecule has 6 heteroatoms. The van der Waals surface area contributed by atoms with Crippen molar-refractivity contribution in [1.82, 2.24) is 5.01 Å². The third-order valence-electron chi connectivity index (χ3n) is 6.00. The number of fused-ring (bicyclic) bond motifs is 5. The Bertz CT molecular complexity index is 1040. The van der Waals surface area contributed by atoms with Crippen LogP contribution in [0.25, 0.3) is 0 Å². The van der Waals surface area contributed by atoms with Crippen molar-refractivity contribution in [2.75, 3.05) is 4.90 Å². The molecular formula is C22H19N3O3. The highest BCUT2D eigenvalue weighted by molar-refractivity contribution is 6.24. The summed E-state index contributed by atoms with van der Waals surface area (Å²) in [6, 6.07) is 13.9. The van der Waals surface area contributed by atoms with Crippen molar-refractivity contribution >= 4 is 29.5 Å². The van der Waals surface area contributed by atoms with Crippen molar-refractivity contribution in [3.63, 3.8) is 0 Å². The van der Waals surface area contributed by atoms with E-state index in [1.165, 1.54) is 11.8 Å². The summed E-state index contributed by atoms with van der Waals surface area (Å²) in [5.41, 5.74) is 3.45. The number of ketones is 1. The minimum Gasteiger partial charge on any atom is -0.298 e. The van der Waals surface area contributed by atoms with Gasteiger partial charge in [-0.1, -0.05) is 42.0 Å². The van der Waals surface area contributed by atoms with Crippen LogP contribution in [0.2, 0.25) is 0 Å². The first-order valence-electron chi connectivity index (χ1n) is 9.35. The highest BCUT2D eigenvalue weighted by Crippen LogP contribution is 2.52. The molecule has 2 saturated heterocycles. The summed E-state index contributed by atoms with van der Waals surface area (Å²) in [5.74, 6) is -2.08. The number of nitrogens with zero attached hydrogens (tertiary/aromatic N) is 3. The Labute approximate surface area is 162 Å². The summed E-state index contributed by atoms with van der Waals surface area (Å²) in [4.78, 5) is 40.5. The Morgan fingerprint density at radius 3 is 2.36 bits per heavy atom. The zero-order valence-electron chi connectivity index (χ0n) is 15.6. The van der Waals surface area contributed by atoms with E-state index in [4.69, 9.17) is 0 Å². The van der Waals surface area contributed by atoms with Crippen molar-refractivity contribution in [1.29, 1.82) is 0 Å². The molecule has 0 aromatic heterocycles. The summed E-state index contributed by atoms with van der Waals surface area (Å²) < 4.78 is 0. The molecule has 0 bridgehead atoms. The number of anilines is 1. The molecule has 2 aromatic rings. The number of carbonyl (C=O) groups is 3. The molecule has 0 N–H and O–H groups in total. The van der Waals surface area contributed by atoms with Gasteiger partial charge < -0.3 is 0 Å². The molecule has 3 aliphatic heterocycles. The van der Waals surface area contributed by atoms with Gasteiger partial charge in [0.25, 0.3) is 0 Å². The van der Waals surface area contributed by atoms with Crippen LogP contribution < -0.4 is 4.90 Å². The van der Waals surface area contributed by atoms with Crippen LogP contribution in [0.4, 0.5) is 5.69 Å². The predicted octanol–water partition coefficient (Wildman–Crippen LogP) is 2.46. The number of benzene rings is 2. The topological polar surface area (TPSA) is 70.0 Å². The van der Waals surface area contributed by atoms with Crippen molar-refractivity contribution in [2.45, 2.75) is 25.9 Å². The average Bonchev–Trinajstić information content (AvgIpc) is 3.16. The number of carbonyl (C=O) groups excluding carboxylic acids is 3. The number of hydrazone groups is 1. The molecule has 3 aliphatic rings. The molecule has 0 aliphatic carbocycles. The van der Waals surface area contributed by atoms with Crippen LogP contribution in [-0.4, -0.2) is 34.9 Å². The maximum atomic E-state index is 13.4. The minimum atomic E-state index is -0.730. The largest absolute Gasteiger partial charge is 0.298 e. The van der Waals surface area contributed by atoms with Gasteiger partial charge in [0.05, 0.1) is 29.8 Å². The van der Waals surface area contributed by atoms with Gasteiger partial charge in [-0.05, 0) is 37.1 Å². The fraction of sp³-hybridized carbons (Fsp3) is 0.273. The number of amides is 2. The summed E-state index contributed by atoms with van der Waals surface area (Å²) >= 11 is 0. The van der Waals surface area contributed by atoms with Gasteiger partial charge in [-0.2, -0.15) is 5.10 Å². The zero-order valence-corrected chi connectivity index (χ0v) is 15.6. The Morgan fingerprint density at radius 2 is 1.64 bits per heavy atom. The fourth-order valence-electron chi connectivity index (χ4n) is 4.77. The summed E-state index contributed by atoms with van der Waals surface area (Å²) in [5, 5.41) is 6.13. The second-order valence-corrected chi connectivity index (χ2v) is 7.65. The molecule has 4 atom stereocenters. The highest BCUT2D eigenvalue weighted by atomic mass is 16.2. The standard InChI is InChI=1S/C22H19N3O3/c1-12-7-9-15(10-8-12)24-21(27)17-18(22(24)28)20-16-6-4-3-5-14(16)11-23-25(20)19(17)13(2)26/h3-11,17-20H,1-2H3/t17-,18+,19-,20+/m0/s1. The highest BCUT2D eigenvalue weighted by Gasteiger charge is 2.64. The van der Waals surface area contributed by atoms with Crippen LogP contribution in [0, 0.1) is 18.8 Å². The van der Waals surface area contributed by atoms with Crippen LogP contribution in [-0.2, 0) is 14.4 Å². The lowest BCUT2D eigenvalue weighted by molar-refractivity contribution is -0.129. The van der Waals surface area contributed by atoms with Gasteiger partial charge in [-0.15, -0.1) is 0 Å². The van der Waals surface area contributed by atoms with Crippen molar-refractivity contribution in [3.05, 3.63) is 65.2 Å². The van der Waals surface area contributed by atoms with E-state index in [1.807, 2.05) is 43.3 Å². The number of hydrogen-bond acceptors (Lipinski definition) is 5. The Hall–Kier alpha value is -3.28. The molecule has 2 aromatic carbocycles. The zero-order chi connectivity index (χ0) is 19.6. The summed E-state index contributed by atoms with van der Waals surface area (Å²) in [6.07, 6.45) is 1.70. The van der Waals surface area contributed by atoms with Gasteiger partial charge in [-0.3, -0.25) is 19.4 Å². The molecular weight excluding hydrogens is 354 g/mol. The molecule has 0 radical (unpaired) electrons. The van der Waals surface area contributed by atoms with Gasteiger partial charge in [-0.25, -0.2) is 4.90 Å². The first kappa shape index (κ1) is 16.9. The van der Waals surface area contributed by atoms with Gasteiger partial charge >= 0.3 is 0 Å². The van der Waals surface area contributed by atoms with E-state index in [0.29, 0.717) is 5.69 Å². The molecule has 3 heterocycles. The molecule has 5 rings (SSSR count). The second kappa shape index (κ2) is 5.86. The first-order chi connectivity index (χ1) is 13.5. The smallest absolute Gasteiger partial charge is 0.240 e. The van der Waals surface area contributed by atoms with E-state index in [-0.39, 0.29) is 17.6 Å². The Morgan fingerprint density at radius 1 is 0.964 bits per heavy atom. The number of hydrogen-bond donors (Lipinski definition) is 0. The minimum absolute atomic E-state index is 0.152. The number of aryl methyl sites for hydroxylation is 1. The van der Waals surface area contributed by atoms with E-state index in [9.17, 15) is 14.4 Å². The number of Topliss-reactive ketones (excluding diaryl/α,β-unsaturated/α-hetero) is 1. The van der Waals surface area contributed by atoms with Gasteiger partial charge in [0.15, 0.2) is 5.78 Å². The van der Waals surface area contributed by atoms with E-state index in [0.717, 1.165) is 16.7 Å². The van der Waals surface area contributed by atoms with Crippen LogP contribution >= 0.6 is 0 Å². The quantitative estimate of drug-likeness (QED) is 0.759. The van der Waals surface area contributed by atoms with E-state index >= 15 is 0 Å². The molecule has 2 amide bonds. The Balaban J connectivity index is 1.65. The van der Waals surface area contributed by atoms with Crippen molar-refractivity contribution in [3.8, 4) is 0 Å². The SMILES string of the molecule is CC(=O)[C@H]1[C@H]2C(=O)N(c3ccc(C)cc3)C(=O)[C@H]2[C@H]2c3ccccc3C=NN21. The number of rotatable bonds is 2. The lowest BCUT2D eigenvalue weighted by atomic mass is 9.84. The maximum Gasteiger partial charge on any atom is 0.240 e. The molecule has 0 unspecified atom stereocenters.